The van der Waals surface area contributed by atoms with Gasteiger partial charge in [0.15, 0.2) is 0 Å². The standard InChI is InChI=1S/C22H17ClFNO/c23-17-11-9-16(10-12-17)21-18-6-2-1-5-15(18)13-14-25(21)22(26)19-7-3-4-8-20(19)24/h1-12,21H,13-14H2. The molecule has 0 aliphatic carbocycles. The minimum Gasteiger partial charge on any atom is -0.327 e. The Morgan fingerprint density at radius 3 is 2.42 bits per heavy atom. The van der Waals surface area contributed by atoms with E-state index < -0.39 is 5.82 Å². The molecule has 4 rings (SSSR count). The Morgan fingerprint density at radius 2 is 1.65 bits per heavy atom. The van der Waals surface area contributed by atoms with Gasteiger partial charge in [0.25, 0.3) is 5.91 Å². The van der Waals surface area contributed by atoms with Crippen molar-refractivity contribution in [2.45, 2.75) is 12.5 Å². The second kappa shape index (κ2) is 6.93. The number of fused-ring (bicyclic) bond motifs is 1. The molecule has 1 atom stereocenters. The summed E-state index contributed by atoms with van der Waals surface area (Å²) in [6.07, 6.45) is 0.750. The molecule has 1 unspecified atom stereocenters. The van der Waals surface area contributed by atoms with Crippen molar-refractivity contribution < 1.29 is 9.18 Å². The highest BCUT2D eigenvalue weighted by atomic mass is 35.5. The van der Waals surface area contributed by atoms with E-state index in [1.54, 1.807) is 17.0 Å². The lowest BCUT2D eigenvalue weighted by Gasteiger charge is -2.38. The van der Waals surface area contributed by atoms with Gasteiger partial charge in [-0.3, -0.25) is 4.79 Å². The van der Waals surface area contributed by atoms with Crippen LogP contribution in [-0.4, -0.2) is 17.4 Å². The largest absolute Gasteiger partial charge is 0.327 e. The van der Waals surface area contributed by atoms with Gasteiger partial charge < -0.3 is 4.90 Å². The number of amides is 1. The van der Waals surface area contributed by atoms with Crippen LogP contribution in [0.5, 0.6) is 0 Å². The maximum atomic E-state index is 14.2. The molecule has 0 bridgehead atoms. The van der Waals surface area contributed by atoms with Gasteiger partial charge in [0.1, 0.15) is 5.82 Å². The van der Waals surface area contributed by atoms with E-state index in [0.29, 0.717) is 11.6 Å². The van der Waals surface area contributed by atoms with Crippen LogP contribution in [0.15, 0.2) is 72.8 Å². The average molecular weight is 366 g/mol. The van der Waals surface area contributed by atoms with Crippen molar-refractivity contribution in [3.63, 3.8) is 0 Å². The van der Waals surface area contributed by atoms with E-state index in [2.05, 4.69) is 6.07 Å². The van der Waals surface area contributed by atoms with Crippen LogP contribution in [0.4, 0.5) is 4.39 Å². The molecule has 0 saturated heterocycles. The Balaban J connectivity index is 1.82. The first-order valence-electron chi connectivity index (χ1n) is 8.54. The summed E-state index contributed by atoms with van der Waals surface area (Å²) in [6.45, 7) is 0.539. The first-order valence-corrected chi connectivity index (χ1v) is 8.92. The highest BCUT2D eigenvalue weighted by Crippen LogP contribution is 2.36. The zero-order valence-electron chi connectivity index (χ0n) is 14.0. The quantitative estimate of drug-likeness (QED) is 0.606. The summed E-state index contributed by atoms with van der Waals surface area (Å²) in [6, 6.07) is 21.5. The molecule has 0 saturated carbocycles. The van der Waals surface area contributed by atoms with Crippen LogP contribution < -0.4 is 0 Å². The van der Waals surface area contributed by atoms with Gasteiger partial charge in [0.2, 0.25) is 0 Å². The third kappa shape index (κ3) is 2.99. The van der Waals surface area contributed by atoms with Crippen molar-refractivity contribution in [1.82, 2.24) is 4.90 Å². The molecule has 0 fully saturated rings. The maximum Gasteiger partial charge on any atom is 0.257 e. The van der Waals surface area contributed by atoms with Crippen LogP contribution in [-0.2, 0) is 6.42 Å². The Hall–Kier alpha value is -2.65. The molecule has 26 heavy (non-hydrogen) atoms. The fourth-order valence-corrected chi connectivity index (χ4v) is 3.71. The monoisotopic (exact) mass is 365 g/mol. The molecule has 130 valence electrons. The van der Waals surface area contributed by atoms with Crippen LogP contribution in [0.3, 0.4) is 0 Å². The lowest BCUT2D eigenvalue weighted by atomic mass is 9.87. The van der Waals surface area contributed by atoms with Gasteiger partial charge in [-0.1, -0.05) is 60.1 Å². The minimum absolute atomic E-state index is 0.103. The van der Waals surface area contributed by atoms with Crippen LogP contribution in [0, 0.1) is 5.82 Å². The topological polar surface area (TPSA) is 20.3 Å². The van der Waals surface area contributed by atoms with Crippen molar-refractivity contribution in [3.05, 3.63) is 106 Å². The molecule has 1 heterocycles. The fraction of sp³-hybridized carbons (Fsp3) is 0.136. The minimum atomic E-state index is -0.494. The molecule has 0 radical (unpaired) electrons. The first-order chi connectivity index (χ1) is 12.6. The van der Waals surface area contributed by atoms with Crippen molar-refractivity contribution in [2.24, 2.45) is 0 Å². The van der Waals surface area contributed by atoms with Crippen LogP contribution in [0.25, 0.3) is 0 Å². The molecule has 1 aliphatic rings. The number of nitrogens with zero attached hydrogens (tertiary/aromatic N) is 1. The summed E-state index contributed by atoms with van der Waals surface area (Å²) in [7, 11) is 0. The second-order valence-electron chi connectivity index (χ2n) is 6.38. The number of halogens is 2. The molecular formula is C22H17ClFNO. The molecule has 0 N–H and O–H groups in total. The predicted molar refractivity (Wildman–Crippen MR) is 101 cm³/mol. The molecule has 0 aromatic heterocycles. The molecule has 0 spiro atoms. The maximum absolute atomic E-state index is 14.2. The Labute approximate surface area is 156 Å². The van der Waals surface area contributed by atoms with Gasteiger partial charge in [-0.2, -0.15) is 0 Å². The van der Waals surface area contributed by atoms with E-state index in [1.807, 2.05) is 42.5 Å². The molecule has 1 amide bonds. The van der Waals surface area contributed by atoms with Crippen molar-refractivity contribution in [1.29, 1.82) is 0 Å². The number of rotatable bonds is 2. The summed E-state index contributed by atoms with van der Waals surface area (Å²) in [5, 5.41) is 0.643. The van der Waals surface area contributed by atoms with Crippen LogP contribution >= 0.6 is 11.6 Å². The SMILES string of the molecule is O=C(c1ccccc1F)N1CCc2ccccc2C1c1ccc(Cl)cc1. The number of carbonyl (C=O) groups is 1. The van der Waals surface area contributed by atoms with Gasteiger partial charge >= 0.3 is 0 Å². The van der Waals surface area contributed by atoms with E-state index in [0.717, 1.165) is 17.5 Å². The molecule has 2 nitrogen and oxygen atoms in total. The molecule has 3 aromatic rings. The Kier molecular flexibility index (Phi) is 4.48. The van der Waals surface area contributed by atoms with Gasteiger partial charge in [0.05, 0.1) is 11.6 Å². The first kappa shape index (κ1) is 16.8. The summed E-state index contributed by atoms with van der Waals surface area (Å²) in [5.74, 6) is -0.788. The molecule has 3 aromatic carbocycles. The lowest BCUT2D eigenvalue weighted by Crippen LogP contribution is -2.41. The predicted octanol–water partition coefficient (Wildman–Crippen LogP) is 5.27. The molecular weight excluding hydrogens is 349 g/mol. The summed E-state index contributed by atoms with van der Waals surface area (Å²) < 4.78 is 14.2. The summed E-state index contributed by atoms with van der Waals surface area (Å²) >= 11 is 6.04. The van der Waals surface area contributed by atoms with Crippen LogP contribution in [0.2, 0.25) is 5.02 Å². The fourth-order valence-electron chi connectivity index (χ4n) is 3.58. The van der Waals surface area contributed by atoms with Crippen molar-refractivity contribution in [3.8, 4) is 0 Å². The molecule has 1 aliphatic heterocycles. The Bertz CT molecular complexity index is 954. The molecule has 4 heteroatoms. The number of benzene rings is 3. The van der Waals surface area contributed by atoms with E-state index in [-0.39, 0.29) is 17.5 Å². The van der Waals surface area contributed by atoms with Gasteiger partial charge in [-0.15, -0.1) is 0 Å². The Morgan fingerprint density at radius 1 is 0.962 bits per heavy atom. The highest BCUT2D eigenvalue weighted by molar-refractivity contribution is 6.30. The van der Waals surface area contributed by atoms with E-state index in [4.69, 9.17) is 11.6 Å². The second-order valence-corrected chi connectivity index (χ2v) is 6.82. The zero-order valence-corrected chi connectivity index (χ0v) is 14.8. The van der Waals surface area contributed by atoms with Crippen molar-refractivity contribution >= 4 is 17.5 Å². The lowest BCUT2D eigenvalue weighted by molar-refractivity contribution is 0.0690. The smallest absolute Gasteiger partial charge is 0.257 e. The van der Waals surface area contributed by atoms with Gasteiger partial charge in [-0.25, -0.2) is 4.39 Å². The number of hydrogen-bond acceptors (Lipinski definition) is 1. The van der Waals surface area contributed by atoms with E-state index in [9.17, 15) is 9.18 Å². The summed E-state index contributed by atoms with van der Waals surface area (Å²) in [4.78, 5) is 14.9. The van der Waals surface area contributed by atoms with Crippen molar-refractivity contribution in [2.75, 3.05) is 6.54 Å². The highest BCUT2D eigenvalue weighted by Gasteiger charge is 2.33. The van der Waals surface area contributed by atoms with Gasteiger partial charge in [-0.05, 0) is 47.4 Å². The van der Waals surface area contributed by atoms with Crippen LogP contribution in [0.1, 0.15) is 33.1 Å². The van der Waals surface area contributed by atoms with Gasteiger partial charge in [0, 0.05) is 11.6 Å². The number of carbonyl (C=O) groups excluding carboxylic acids is 1. The zero-order chi connectivity index (χ0) is 18.1. The third-order valence-corrected chi connectivity index (χ3v) is 5.09. The summed E-state index contributed by atoms with van der Waals surface area (Å²) in [5.41, 5.74) is 3.35. The average Bonchev–Trinajstić information content (AvgIpc) is 2.68. The van der Waals surface area contributed by atoms with E-state index in [1.165, 1.54) is 17.7 Å². The normalized spacial score (nSPS) is 16.2. The van der Waals surface area contributed by atoms with E-state index >= 15 is 0 Å². The number of hydrogen-bond donors (Lipinski definition) is 0. The third-order valence-electron chi connectivity index (χ3n) is 4.83.